The normalized spacial score (nSPS) is 21.6. The van der Waals surface area contributed by atoms with Crippen molar-refractivity contribution in [3.05, 3.63) is 0 Å². The Labute approximate surface area is 126 Å². The van der Waals surface area contributed by atoms with Crippen molar-refractivity contribution in [3.63, 3.8) is 0 Å². The average Bonchev–Trinajstić information content (AvgIpc) is 3.16. The Balaban J connectivity index is 1.76. The molecule has 2 atom stereocenters. The van der Waals surface area contributed by atoms with Crippen LogP contribution in [0.4, 0.5) is 0 Å². The summed E-state index contributed by atoms with van der Waals surface area (Å²) in [6.45, 7) is 8.60. The molecule has 2 heteroatoms. The van der Waals surface area contributed by atoms with Crippen LogP contribution in [0.5, 0.6) is 0 Å². The maximum absolute atomic E-state index is 5.71. The molecule has 2 nitrogen and oxygen atoms in total. The number of hydrogen-bond acceptors (Lipinski definition) is 2. The number of unbranched alkanes of at least 4 members (excludes halogenated alkanes) is 6. The summed E-state index contributed by atoms with van der Waals surface area (Å²) in [6, 6.07) is 0. The van der Waals surface area contributed by atoms with Crippen molar-refractivity contribution in [1.29, 1.82) is 0 Å². The minimum absolute atomic E-state index is 0.411. The fourth-order valence-electron chi connectivity index (χ4n) is 2.66. The third-order valence-electron chi connectivity index (χ3n) is 4.13. The quantitative estimate of drug-likeness (QED) is 0.317. The fraction of sp³-hybridized carbons (Fsp3) is 1.00. The third-order valence-corrected chi connectivity index (χ3v) is 4.13. The highest BCUT2D eigenvalue weighted by atomic mass is 16.6. The first-order valence-corrected chi connectivity index (χ1v) is 8.97. The summed E-state index contributed by atoms with van der Waals surface area (Å²) in [5.74, 6) is 0.839. The summed E-state index contributed by atoms with van der Waals surface area (Å²) in [5, 5.41) is 0. The van der Waals surface area contributed by atoms with Crippen LogP contribution in [0.2, 0.25) is 0 Å². The van der Waals surface area contributed by atoms with Crippen LogP contribution in [0.25, 0.3) is 0 Å². The first kappa shape index (κ1) is 18.0. The van der Waals surface area contributed by atoms with E-state index in [1.165, 1.54) is 64.2 Å². The van der Waals surface area contributed by atoms with E-state index in [4.69, 9.17) is 9.47 Å². The largest absolute Gasteiger partial charge is 0.379 e. The van der Waals surface area contributed by atoms with Crippen LogP contribution < -0.4 is 0 Å². The topological polar surface area (TPSA) is 21.8 Å². The number of hydrogen-bond donors (Lipinski definition) is 0. The van der Waals surface area contributed by atoms with Crippen molar-refractivity contribution in [3.8, 4) is 0 Å². The summed E-state index contributed by atoms with van der Waals surface area (Å²) in [4.78, 5) is 0. The van der Waals surface area contributed by atoms with E-state index in [0.29, 0.717) is 12.2 Å². The van der Waals surface area contributed by atoms with Gasteiger partial charge in [-0.25, -0.2) is 0 Å². The van der Waals surface area contributed by atoms with Crippen molar-refractivity contribution in [2.45, 2.75) is 97.2 Å². The van der Waals surface area contributed by atoms with Gasteiger partial charge in [0, 0.05) is 6.61 Å². The fourth-order valence-corrected chi connectivity index (χ4v) is 2.66. The van der Waals surface area contributed by atoms with Gasteiger partial charge in [-0.1, -0.05) is 72.1 Å². The minimum Gasteiger partial charge on any atom is -0.379 e. The molecule has 0 unspecified atom stereocenters. The zero-order chi connectivity index (χ0) is 14.6. The molecule has 0 bridgehead atoms. The van der Waals surface area contributed by atoms with Gasteiger partial charge in [-0.2, -0.15) is 0 Å². The van der Waals surface area contributed by atoms with Crippen molar-refractivity contribution < 1.29 is 9.47 Å². The highest BCUT2D eigenvalue weighted by Gasteiger charge is 2.37. The van der Waals surface area contributed by atoms with Crippen LogP contribution in [0, 0.1) is 5.92 Å². The Morgan fingerprint density at radius 1 is 0.900 bits per heavy atom. The first-order valence-electron chi connectivity index (χ1n) is 8.97. The van der Waals surface area contributed by atoms with E-state index in [1.54, 1.807) is 0 Å². The predicted octanol–water partition coefficient (Wildman–Crippen LogP) is 5.35. The number of rotatable bonds is 14. The van der Waals surface area contributed by atoms with E-state index in [1.807, 2.05) is 0 Å². The van der Waals surface area contributed by atoms with E-state index in [-0.39, 0.29) is 0 Å². The van der Waals surface area contributed by atoms with Crippen molar-refractivity contribution >= 4 is 0 Å². The summed E-state index contributed by atoms with van der Waals surface area (Å²) >= 11 is 0. The minimum atomic E-state index is 0.411. The van der Waals surface area contributed by atoms with E-state index < -0.39 is 0 Å². The highest BCUT2D eigenvalue weighted by molar-refractivity contribution is 4.84. The predicted molar refractivity (Wildman–Crippen MR) is 86.2 cm³/mol. The van der Waals surface area contributed by atoms with Gasteiger partial charge in [0.15, 0.2) is 0 Å². The molecule has 1 saturated heterocycles. The summed E-state index contributed by atoms with van der Waals surface area (Å²) in [5.41, 5.74) is 0. The van der Waals surface area contributed by atoms with Crippen molar-refractivity contribution in [2.24, 2.45) is 5.92 Å². The molecule has 1 aliphatic rings. The number of epoxide rings is 1. The third kappa shape index (κ3) is 9.77. The molecular formula is C18H36O2. The Morgan fingerprint density at radius 3 is 2.40 bits per heavy atom. The Kier molecular flexibility index (Phi) is 10.4. The van der Waals surface area contributed by atoms with Crippen LogP contribution in [-0.2, 0) is 9.47 Å². The highest BCUT2D eigenvalue weighted by Crippen LogP contribution is 2.28. The molecule has 120 valence electrons. The molecule has 1 rings (SSSR count). The van der Waals surface area contributed by atoms with Gasteiger partial charge in [0.1, 0.15) is 6.10 Å². The van der Waals surface area contributed by atoms with E-state index >= 15 is 0 Å². The Morgan fingerprint density at radius 2 is 1.65 bits per heavy atom. The number of ether oxygens (including phenoxy) is 2. The SMILES string of the molecule is CCCCCCCCOC[C@@H]1O[C@@H]1CCCCC(C)C. The maximum Gasteiger partial charge on any atom is 0.107 e. The lowest BCUT2D eigenvalue weighted by Gasteiger charge is -2.03. The molecular weight excluding hydrogens is 248 g/mol. The molecule has 0 saturated carbocycles. The van der Waals surface area contributed by atoms with Crippen LogP contribution in [-0.4, -0.2) is 25.4 Å². The smallest absolute Gasteiger partial charge is 0.107 e. The summed E-state index contributed by atoms with van der Waals surface area (Å²) < 4.78 is 11.4. The first-order chi connectivity index (χ1) is 9.74. The van der Waals surface area contributed by atoms with Gasteiger partial charge >= 0.3 is 0 Å². The van der Waals surface area contributed by atoms with Gasteiger partial charge in [-0.3, -0.25) is 0 Å². The van der Waals surface area contributed by atoms with E-state index in [2.05, 4.69) is 20.8 Å². The van der Waals surface area contributed by atoms with E-state index in [9.17, 15) is 0 Å². The molecule has 1 fully saturated rings. The Hall–Kier alpha value is -0.0800. The molecule has 0 spiro atoms. The summed E-state index contributed by atoms with van der Waals surface area (Å²) in [6.07, 6.45) is 14.2. The van der Waals surface area contributed by atoms with Gasteiger partial charge in [0.25, 0.3) is 0 Å². The van der Waals surface area contributed by atoms with Crippen molar-refractivity contribution in [1.82, 2.24) is 0 Å². The standard InChI is InChI=1S/C18H36O2/c1-4-5-6-7-8-11-14-19-15-18-17(20-18)13-10-9-12-16(2)3/h16-18H,4-15H2,1-3H3/t17-,18+/m1/s1. The van der Waals surface area contributed by atoms with Crippen molar-refractivity contribution in [2.75, 3.05) is 13.2 Å². The monoisotopic (exact) mass is 284 g/mol. The molecule has 1 heterocycles. The lowest BCUT2D eigenvalue weighted by Crippen LogP contribution is -2.06. The van der Waals surface area contributed by atoms with Gasteiger partial charge < -0.3 is 9.47 Å². The van der Waals surface area contributed by atoms with Crippen LogP contribution in [0.1, 0.15) is 85.0 Å². The molecule has 0 aromatic carbocycles. The lowest BCUT2D eigenvalue weighted by atomic mass is 10.0. The molecule has 0 amide bonds. The molecule has 20 heavy (non-hydrogen) atoms. The second-order valence-electron chi connectivity index (χ2n) is 6.73. The second kappa shape index (κ2) is 11.6. The average molecular weight is 284 g/mol. The zero-order valence-corrected chi connectivity index (χ0v) is 14.0. The van der Waals surface area contributed by atoms with Crippen LogP contribution >= 0.6 is 0 Å². The lowest BCUT2D eigenvalue weighted by molar-refractivity contribution is 0.113. The van der Waals surface area contributed by atoms with E-state index in [0.717, 1.165) is 19.1 Å². The van der Waals surface area contributed by atoms with Gasteiger partial charge in [-0.05, 0) is 18.8 Å². The van der Waals surface area contributed by atoms with Gasteiger partial charge in [-0.15, -0.1) is 0 Å². The maximum atomic E-state index is 5.71. The molecule has 1 aliphatic heterocycles. The zero-order valence-electron chi connectivity index (χ0n) is 14.0. The second-order valence-corrected chi connectivity index (χ2v) is 6.73. The Bertz CT molecular complexity index is 215. The van der Waals surface area contributed by atoms with Crippen LogP contribution in [0.3, 0.4) is 0 Å². The van der Waals surface area contributed by atoms with Gasteiger partial charge in [0.05, 0.1) is 12.7 Å². The van der Waals surface area contributed by atoms with Crippen LogP contribution in [0.15, 0.2) is 0 Å². The molecule has 0 aliphatic carbocycles. The molecule has 0 radical (unpaired) electrons. The molecule has 0 aromatic rings. The summed E-state index contributed by atoms with van der Waals surface area (Å²) in [7, 11) is 0. The molecule has 0 N–H and O–H groups in total. The van der Waals surface area contributed by atoms with Gasteiger partial charge in [0.2, 0.25) is 0 Å². The molecule has 0 aromatic heterocycles.